The van der Waals surface area contributed by atoms with Gasteiger partial charge in [-0.2, -0.15) is 0 Å². The molecule has 5 heteroatoms. The molecular formula is C13H18BrN3O. The molecule has 0 bridgehead atoms. The fraction of sp³-hybridized carbons (Fsp3) is 0.462. The summed E-state index contributed by atoms with van der Waals surface area (Å²) in [4.78, 5) is 11.7. The van der Waals surface area contributed by atoms with Gasteiger partial charge in [0.05, 0.1) is 5.69 Å². The lowest BCUT2D eigenvalue weighted by molar-refractivity contribution is 0.249. The highest BCUT2D eigenvalue weighted by atomic mass is 79.9. The molecule has 1 heterocycles. The number of amides is 2. The molecule has 1 aromatic rings. The first-order chi connectivity index (χ1) is 8.75. The van der Waals surface area contributed by atoms with Gasteiger partial charge in [-0.1, -0.05) is 18.6 Å². The predicted molar refractivity (Wildman–Crippen MR) is 76.8 cm³/mol. The van der Waals surface area contributed by atoms with E-state index in [0.29, 0.717) is 12.6 Å². The van der Waals surface area contributed by atoms with Gasteiger partial charge in [0.1, 0.15) is 0 Å². The number of nitrogens with one attached hydrogen (secondary N) is 3. The SMILES string of the molecule is O=C(NCC1CCCCN1)Nc1ccccc1Br. The molecule has 1 atom stereocenters. The average molecular weight is 312 g/mol. The molecule has 0 aromatic heterocycles. The van der Waals surface area contributed by atoms with Crippen LogP contribution in [0.1, 0.15) is 19.3 Å². The number of halogens is 1. The van der Waals surface area contributed by atoms with Crippen molar-refractivity contribution in [3.8, 4) is 0 Å². The maximum Gasteiger partial charge on any atom is 0.319 e. The Morgan fingerprint density at radius 3 is 2.94 bits per heavy atom. The second-order valence-corrected chi connectivity index (χ2v) is 5.32. The van der Waals surface area contributed by atoms with Crippen LogP contribution in [0.4, 0.5) is 10.5 Å². The van der Waals surface area contributed by atoms with Gasteiger partial charge in [0.15, 0.2) is 0 Å². The van der Waals surface area contributed by atoms with E-state index in [4.69, 9.17) is 0 Å². The van der Waals surface area contributed by atoms with Gasteiger partial charge in [-0.25, -0.2) is 4.79 Å². The van der Waals surface area contributed by atoms with Gasteiger partial charge in [0, 0.05) is 17.1 Å². The number of hydrogen-bond acceptors (Lipinski definition) is 2. The second-order valence-electron chi connectivity index (χ2n) is 4.46. The normalized spacial score (nSPS) is 19.3. The predicted octanol–water partition coefficient (Wildman–Crippen LogP) is 2.71. The minimum Gasteiger partial charge on any atom is -0.336 e. The molecule has 0 spiro atoms. The van der Waals surface area contributed by atoms with Crippen LogP contribution in [0.15, 0.2) is 28.7 Å². The van der Waals surface area contributed by atoms with Crippen LogP contribution in [0.3, 0.4) is 0 Å². The Balaban J connectivity index is 1.76. The molecule has 0 aliphatic carbocycles. The average Bonchev–Trinajstić information content (AvgIpc) is 2.40. The lowest BCUT2D eigenvalue weighted by Crippen LogP contribution is -2.44. The Hall–Kier alpha value is -1.07. The zero-order valence-corrected chi connectivity index (χ0v) is 11.8. The number of carbonyl (C=O) groups excluding carboxylic acids is 1. The van der Waals surface area contributed by atoms with Gasteiger partial charge in [-0.05, 0) is 47.4 Å². The summed E-state index contributed by atoms with van der Waals surface area (Å²) < 4.78 is 0.885. The molecule has 1 unspecified atom stereocenters. The summed E-state index contributed by atoms with van der Waals surface area (Å²) in [5.41, 5.74) is 0.784. The first-order valence-electron chi connectivity index (χ1n) is 6.28. The zero-order valence-electron chi connectivity index (χ0n) is 10.2. The molecular weight excluding hydrogens is 294 g/mol. The fourth-order valence-corrected chi connectivity index (χ4v) is 2.43. The second kappa shape index (κ2) is 6.75. The fourth-order valence-electron chi connectivity index (χ4n) is 2.04. The lowest BCUT2D eigenvalue weighted by Gasteiger charge is -2.23. The summed E-state index contributed by atoms with van der Waals surface area (Å²) in [6.07, 6.45) is 3.61. The van der Waals surface area contributed by atoms with Crippen LogP contribution in [0.2, 0.25) is 0 Å². The van der Waals surface area contributed by atoms with E-state index in [1.165, 1.54) is 12.8 Å². The number of benzene rings is 1. The number of hydrogen-bond donors (Lipinski definition) is 3. The summed E-state index contributed by atoms with van der Waals surface area (Å²) in [6, 6.07) is 7.82. The van der Waals surface area contributed by atoms with E-state index in [1.54, 1.807) is 0 Å². The summed E-state index contributed by atoms with van der Waals surface area (Å²) in [7, 11) is 0. The topological polar surface area (TPSA) is 53.2 Å². The van der Waals surface area contributed by atoms with Crippen molar-refractivity contribution >= 4 is 27.6 Å². The van der Waals surface area contributed by atoms with Crippen LogP contribution in [-0.2, 0) is 0 Å². The van der Waals surface area contributed by atoms with E-state index in [-0.39, 0.29) is 6.03 Å². The van der Waals surface area contributed by atoms with Gasteiger partial charge in [0.2, 0.25) is 0 Å². The summed E-state index contributed by atoms with van der Waals surface area (Å²) in [5.74, 6) is 0. The minimum atomic E-state index is -0.158. The van der Waals surface area contributed by atoms with E-state index >= 15 is 0 Å². The van der Waals surface area contributed by atoms with Crippen molar-refractivity contribution in [2.24, 2.45) is 0 Å². The monoisotopic (exact) mass is 311 g/mol. The summed E-state index contributed by atoms with van der Waals surface area (Å²) in [6.45, 7) is 1.73. The molecule has 1 aliphatic rings. The Kier molecular flexibility index (Phi) is 5.01. The van der Waals surface area contributed by atoms with Gasteiger partial charge in [-0.3, -0.25) is 0 Å². The molecule has 1 aromatic carbocycles. The van der Waals surface area contributed by atoms with E-state index in [9.17, 15) is 4.79 Å². The molecule has 0 radical (unpaired) electrons. The van der Waals surface area contributed by atoms with Crippen LogP contribution >= 0.6 is 15.9 Å². The highest BCUT2D eigenvalue weighted by molar-refractivity contribution is 9.10. The van der Waals surface area contributed by atoms with Gasteiger partial charge >= 0.3 is 6.03 Å². The molecule has 1 saturated heterocycles. The lowest BCUT2D eigenvalue weighted by atomic mass is 10.1. The van der Waals surface area contributed by atoms with Crippen molar-refractivity contribution in [1.29, 1.82) is 0 Å². The third-order valence-electron chi connectivity index (χ3n) is 3.04. The number of rotatable bonds is 3. The first-order valence-corrected chi connectivity index (χ1v) is 7.08. The molecule has 1 fully saturated rings. The molecule has 1 aliphatic heterocycles. The highest BCUT2D eigenvalue weighted by Gasteiger charge is 2.13. The molecule has 98 valence electrons. The number of urea groups is 1. The van der Waals surface area contributed by atoms with Gasteiger partial charge in [0.25, 0.3) is 0 Å². The van der Waals surface area contributed by atoms with E-state index in [2.05, 4.69) is 31.9 Å². The smallest absolute Gasteiger partial charge is 0.319 e. The standard InChI is InChI=1S/C13H18BrN3O/c14-11-6-1-2-7-12(11)17-13(18)16-9-10-5-3-4-8-15-10/h1-2,6-7,10,15H,3-5,8-9H2,(H2,16,17,18). The molecule has 3 N–H and O–H groups in total. The quantitative estimate of drug-likeness (QED) is 0.804. The third kappa shape index (κ3) is 3.99. The molecule has 18 heavy (non-hydrogen) atoms. The molecule has 0 saturated carbocycles. The number of carbonyl (C=O) groups is 1. The van der Waals surface area contributed by atoms with Crippen LogP contribution in [0.5, 0.6) is 0 Å². The summed E-state index contributed by atoms with van der Waals surface area (Å²) in [5, 5.41) is 9.12. The van der Waals surface area contributed by atoms with Crippen molar-refractivity contribution < 1.29 is 4.79 Å². The largest absolute Gasteiger partial charge is 0.336 e. The number of anilines is 1. The van der Waals surface area contributed by atoms with Crippen molar-refractivity contribution in [2.75, 3.05) is 18.4 Å². The Bertz CT molecular complexity index is 405. The van der Waals surface area contributed by atoms with Crippen LogP contribution in [0.25, 0.3) is 0 Å². The van der Waals surface area contributed by atoms with Gasteiger partial charge in [-0.15, -0.1) is 0 Å². The number of para-hydroxylation sites is 1. The highest BCUT2D eigenvalue weighted by Crippen LogP contribution is 2.20. The molecule has 2 amide bonds. The van der Waals surface area contributed by atoms with Crippen molar-refractivity contribution in [2.45, 2.75) is 25.3 Å². The molecule has 2 rings (SSSR count). The van der Waals surface area contributed by atoms with Crippen molar-refractivity contribution in [3.05, 3.63) is 28.7 Å². The van der Waals surface area contributed by atoms with Crippen molar-refractivity contribution in [1.82, 2.24) is 10.6 Å². The van der Waals surface area contributed by atoms with Crippen LogP contribution < -0.4 is 16.0 Å². The Morgan fingerprint density at radius 2 is 2.22 bits per heavy atom. The van der Waals surface area contributed by atoms with Crippen molar-refractivity contribution in [3.63, 3.8) is 0 Å². The van der Waals surface area contributed by atoms with Crippen LogP contribution in [0, 0.1) is 0 Å². The van der Waals surface area contributed by atoms with E-state index < -0.39 is 0 Å². The number of piperidine rings is 1. The summed E-state index contributed by atoms with van der Waals surface area (Å²) >= 11 is 3.40. The van der Waals surface area contributed by atoms with Gasteiger partial charge < -0.3 is 16.0 Å². The van der Waals surface area contributed by atoms with E-state index in [1.807, 2.05) is 24.3 Å². The maximum atomic E-state index is 11.7. The zero-order chi connectivity index (χ0) is 12.8. The Morgan fingerprint density at radius 1 is 1.39 bits per heavy atom. The van der Waals surface area contributed by atoms with E-state index in [0.717, 1.165) is 23.1 Å². The maximum absolute atomic E-state index is 11.7. The first kappa shape index (κ1) is 13.4. The Labute approximate surface area is 116 Å². The minimum absolute atomic E-state index is 0.158. The van der Waals surface area contributed by atoms with Crippen LogP contribution in [-0.4, -0.2) is 25.2 Å². The molecule has 4 nitrogen and oxygen atoms in total. The third-order valence-corrected chi connectivity index (χ3v) is 3.73.